The molecule has 1 aliphatic rings. The van der Waals surface area contributed by atoms with Crippen molar-refractivity contribution in [3.05, 3.63) is 70.9 Å². The minimum Gasteiger partial charge on any atom is -0.349 e. The number of carbonyl (C=O) groups is 1. The number of hydrogen-bond acceptors (Lipinski definition) is 4. The molecule has 1 saturated carbocycles. The third kappa shape index (κ3) is 3.99. The van der Waals surface area contributed by atoms with E-state index in [0.717, 1.165) is 16.4 Å². The van der Waals surface area contributed by atoms with Gasteiger partial charge in [-0.1, -0.05) is 35.9 Å². The van der Waals surface area contributed by atoms with Gasteiger partial charge in [-0.05, 0) is 43.4 Å². The number of amides is 1. The Morgan fingerprint density at radius 3 is 2.73 bits per heavy atom. The fourth-order valence-corrected chi connectivity index (χ4v) is 3.86. The maximum absolute atomic E-state index is 12.6. The summed E-state index contributed by atoms with van der Waals surface area (Å²) in [5.74, 6) is 0.585. The van der Waals surface area contributed by atoms with Crippen LogP contribution < -0.4 is 5.32 Å². The Labute approximate surface area is 157 Å². The predicted octanol–water partition coefficient (Wildman–Crippen LogP) is 4.32. The maximum atomic E-state index is 12.6. The van der Waals surface area contributed by atoms with Gasteiger partial charge in [-0.15, -0.1) is 11.3 Å². The van der Waals surface area contributed by atoms with Gasteiger partial charge >= 0.3 is 0 Å². The topological polar surface area (TPSA) is 54.9 Å². The van der Waals surface area contributed by atoms with Crippen molar-refractivity contribution in [1.29, 1.82) is 0 Å². The summed E-state index contributed by atoms with van der Waals surface area (Å²) in [5, 5.41) is 6.02. The molecule has 1 fully saturated rings. The van der Waals surface area contributed by atoms with Crippen LogP contribution in [-0.2, 0) is 11.2 Å². The summed E-state index contributed by atoms with van der Waals surface area (Å²) in [7, 11) is 0. The molecule has 4 nitrogen and oxygen atoms in total. The number of thiazole rings is 1. The fourth-order valence-electron chi connectivity index (χ4n) is 3.06. The van der Waals surface area contributed by atoms with Crippen molar-refractivity contribution >= 4 is 17.2 Å². The Morgan fingerprint density at radius 2 is 2.04 bits per heavy atom. The molecule has 26 heavy (non-hydrogen) atoms. The predicted molar refractivity (Wildman–Crippen MR) is 104 cm³/mol. The smallest absolute Gasteiger partial charge is 0.226 e. The van der Waals surface area contributed by atoms with Crippen molar-refractivity contribution in [2.75, 3.05) is 0 Å². The van der Waals surface area contributed by atoms with E-state index in [1.54, 1.807) is 6.20 Å². The van der Waals surface area contributed by atoms with E-state index < -0.39 is 0 Å². The second-order valence-electron chi connectivity index (χ2n) is 6.83. The normalized spacial score (nSPS) is 14.8. The molecule has 1 unspecified atom stereocenters. The van der Waals surface area contributed by atoms with E-state index in [-0.39, 0.29) is 11.9 Å². The van der Waals surface area contributed by atoms with Gasteiger partial charge < -0.3 is 5.32 Å². The fraction of sp³-hybridized carbons (Fsp3) is 0.286. The van der Waals surface area contributed by atoms with Gasteiger partial charge in [0.15, 0.2) is 0 Å². The molecule has 1 aliphatic carbocycles. The van der Waals surface area contributed by atoms with Crippen molar-refractivity contribution < 1.29 is 4.79 Å². The van der Waals surface area contributed by atoms with Crippen LogP contribution in [0.1, 0.15) is 35.7 Å². The number of benzene rings is 1. The van der Waals surface area contributed by atoms with E-state index in [2.05, 4.69) is 46.5 Å². The van der Waals surface area contributed by atoms with Crippen LogP contribution in [0, 0.1) is 12.8 Å². The third-order valence-electron chi connectivity index (χ3n) is 4.62. The van der Waals surface area contributed by atoms with E-state index in [1.807, 2.05) is 23.6 Å². The van der Waals surface area contributed by atoms with Crippen LogP contribution in [0.5, 0.6) is 0 Å². The number of aromatic nitrogens is 2. The highest BCUT2D eigenvalue weighted by atomic mass is 32.1. The van der Waals surface area contributed by atoms with Gasteiger partial charge in [0.05, 0.1) is 23.9 Å². The first-order valence-corrected chi connectivity index (χ1v) is 9.79. The van der Waals surface area contributed by atoms with E-state index >= 15 is 0 Å². The van der Waals surface area contributed by atoms with Crippen molar-refractivity contribution in [3.8, 4) is 10.7 Å². The van der Waals surface area contributed by atoms with Crippen LogP contribution in [0.25, 0.3) is 10.7 Å². The zero-order valence-corrected chi connectivity index (χ0v) is 15.5. The van der Waals surface area contributed by atoms with Crippen LogP contribution in [0.15, 0.2) is 54.0 Å². The third-order valence-corrected chi connectivity index (χ3v) is 5.54. The van der Waals surface area contributed by atoms with Gasteiger partial charge in [-0.25, -0.2) is 4.98 Å². The SMILES string of the molecule is Cc1ccc(C(NC(=O)Cc2csc(-c3ccccn3)n2)C2CC2)cc1. The average Bonchev–Trinajstić information content (AvgIpc) is 3.40. The maximum Gasteiger partial charge on any atom is 0.226 e. The summed E-state index contributed by atoms with van der Waals surface area (Å²) in [6.07, 6.45) is 4.42. The molecule has 0 bridgehead atoms. The van der Waals surface area contributed by atoms with Gasteiger partial charge in [0.1, 0.15) is 5.01 Å². The summed E-state index contributed by atoms with van der Waals surface area (Å²) in [5.41, 5.74) is 4.07. The molecule has 0 radical (unpaired) electrons. The average molecular weight is 363 g/mol. The molecule has 0 aliphatic heterocycles. The van der Waals surface area contributed by atoms with Gasteiger partial charge in [-0.3, -0.25) is 9.78 Å². The molecule has 0 spiro atoms. The summed E-state index contributed by atoms with van der Waals surface area (Å²) in [6.45, 7) is 2.08. The first kappa shape index (κ1) is 16.9. The molecule has 0 saturated heterocycles. The highest BCUT2D eigenvalue weighted by Gasteiger charge is 2.33. The summed E-state index contributed by atoms with van der Waals surface area (Å²) < 4.78 is 0. The number of hydrogen-bond donors (Lipinski definition) is 1. The molecular formula is C21H21N3OS. The zero-order chi connectivity index (χ0) is 17.9. The molecule has 2 heterocycles. The van der Waals surface area contributed by atoms with Gasteiger partial charge in [0.25, 0.3) is 0 Å². The van der Waals surface area contributed by atoms with E-state index in [0.29, 0.717) is 12.3 Å². The van der Waals surface area contributed by atoms with Crippen molar-refractivity contribution in [2.24, 2.45) is 5.92 Å². The minimum absolute atomic E-state index is 0.0281. The van der Waals surface area contributed by atoms with Gasteiger partial charge in [0.2, 0.25) is 5.91 Å². The van der Waals surface area contributed by atoms with Gasteiger partial charge in [-0.2, -0.15) is 0 Å². The molecule has 1 atom stereocenters. The van der Waals surface area contributed by atoms with E-state index in [1.165, 1.54) is 35.3 Å². The number of nitrogens with zero attached hydrogens (tertiary/aromatic N) is 2. The Bertz CT molecular complexity index is 885. The zero-order valence-electron chi connectivity index (χ0n) is 14.7. The van der Waals surface area contributed by atoms with Crippen LogP contribution in [0.2, 0.25) is 0 Å². The summed E-state index contributed by atoms with van der Waals surface area (Å²) >= 11 is 1.53. The highest BCUT2D eigenvalue weighted by molar-refractivity contribution is 7.13. The molecule has 2 aromatic heterocycles. The number of pyridine rings is 1. The first-order chi connectivity index (χ1) is 12.7. The number of aryl methyl sites for hydroxylation is 1. The lowest BCUT2D eigenvalue weighted by atomic mass is 10.0. The Balaban J connectivity index is 1.43. The largest absolute Gasteiger partial charge is 0.349 e. The lowest BCUT2D eigenvalue weighted by molar-refractivity contribution is -0.121. The van der Waals surface area contributed by atoms with Crippen LogP contribution in [0.3, 0.4) is 0 Å². The highest BCUT2D eigenvalue weighted by Crippen LogP contribution is 2.41. The lowest BCUT2D eigenvalue weighted by Crippen LogP contribution is -2.31. The van der Waals surface area contributed by atoms with E-state index in [9.17, 15) is 4.79 Å². The van der Waals surface area contributed by atoms with Crippen LogP contribution in [0.4, 0.5) is 0 Å². The quantitative estimate of drug-likeness (QED) is 0.709. The lowest BCUT2D eigenvalue weighted by Gasteiger charge is -2.19. The Morgan fingerprint density at radius 1 is 1.23 bits per heavy atom. The second kappa shape index (κ2) is 7.38. The Hall–Kier alpha value is -2.53. The molecule has 3 aromatic rings. The molecule has 4 rings (SSSR count). The molecule has 1 aromatic carbocycles. The molecule has 132 valence electrons. The number of nitrogens with one attached hydrogen (secondary N) is 1. The summed E-state index contributed by atoms with van der Waals surface area (Å²) in [4.78, 5) is 21.5. The number of carbonyl (C=O) groups excluding carboxylic acids is 1. The summed E-state index contributed by atoms with van der Waals surface area (Å²) in [6, 6.07) is 14.3. The van der Waals surface area contributed by atoms with Gasteiger partial charge in [0, 0.05) is 11.6 Å². The monoisotopic (exact) mass is 363 g/mol. The van der Waals surface area contributed by atoms with Crippen molar-refractivity contribution in [2.45, 2.75) is 32.2 Å². The number of rotatable bonds is 6. The van der Waals surface area contributed by atoms with E-state index in [4.69, 9.17) is 0 Å². The standard InChI is InChI=1S/C21H21N3OS/c1-14-5-7-15(8-6-14)20(16-9-10-16)24-19(25)12-17-13-26-21(23-17)18-4-2-3-11-22-18/h2-8,11,13,16,20H,9-10,12H2,1H3,(H,24,25). The van der Waals surface area contributed by atoms with Crippen molar-refractivity contribution in [3.63, 3.8) is 0 Å². The van der Waals surface area contributed by atoms with Crippen molar-refractivity contribution in [1.82, 2.24) is 15.3 Å². The minimum atomic E-state index is 0.0281. The van der Waals surface area contributed by atoms with Crippen LogP contribution >= 0.6 is 11.3 Å². The molecule has 1 amide bonds. The first-order valence-electron chi connectivity index (χ1n) is 8.91. The van der Waals surface area contributed by atoms with Crippen LogP contribution in [-0.4, -0.2) is 15.9 Å². The Kier molecular flexibility index (Phi) is 4.80. The molecular weight excluding hydrogens is 342 g/mol. The molecule has 1 N–H and O–H groups in total. The molecule has 5 heteroatoms. The second-order valence-corrected chi connectivity index (χ2v) is 7.69.